The Balaban J connectivity index is 2.40. The quantitative estimate of drug-likeness (QED) is 0.530. The number of nitrogens with two attached hydrogens (primary N) is 1. The first-order valence-corrected chi connectivity index (χ1v) is 9.36. The molecule has 0 aromatic carbocycles. The van der Waals surface area contributed by atoms with Crippen LogP contribution in [0.15, 0.2) is 0 Å². The van der Waals surface area contributed by atoms with Gasteiger partial charge in [0.05, 0.1) is 6.17 Å². The van der Waals surface area contributed by atoms with Crippen LogP contribution in [0.4, 0.5) is 0 Å². The van der Waals surface area contributed by atoms with Crippen LogP contribution in [0.2, 0.25) is 0 Å². The molecule has 3 N–H and O–H groups in total. The van der Waals surface area contributed by atoms with E-state index in [-0.39, 0.29) is 6.17 Å². The fourth-order valence-electron chi connectivity index (χ4n) is 3.49. The van der Waals surface area contributed by atoms with Crippen LogP contribution in [-0.2, 0) is 0 Å². The van der Waals surface area contributed by atoms with Crippen molar-refractivity contribution in [2.75, 3.05) is 13.2 Å². The van der Waals surface area contributed by atoms with E-state index in [9.17, 15) is 0 Å². The van der Waals surface area contributed by atoms with Crippen LogP contribution in [0.3, 0.4) is 0 Å². The van der Waals surface area contributed by atoms with Gasteiger partial charge in [-0.3, -0.25) is 10.2 Å². The summed E-state index contributed by atoms with van der Waals surface area (Å²) in [6.07, 6.45) is 15.2. The van der Waals surface area contributed by atoms with Crippen molar-refractivity contribution in [3.8, 4) is 0 Å². The Bertz CT molecular complexity index is 257. The van der Waals surface area contributed by atoms with E-state index in [1.165, 1.54) is 70.6 Å². The monoisotopic (exact) mass is 297 g/mol. The standard InChI is InChI=1S/C18H39N3/c1-4-6-8-10-12-14-18(3,13-11-9-7-5-2)21-15-17(19)20-16-21/h17,20H,4-16,19H2,1-3H3. The molecule has 0 aromatic heterocycles. The molecular weight excluding hydrogens is 258 g/mol. The van der Waals surface area contributed by atoms with Crippen molar-refractivity contribution in [2.45, 2.75) is 103 Å². The molecule has 0 aromatic rings. The second kappa shape index (κ2) is 10.6. The molecule has 0 saturated carbocycles. The van der Waals surface area contributed by atoms with Crippen LogP contribution in [0, 0.1) is 0 Å². The van der Waals surface area contributed by atoms with Gasteiger partial charge in [0.25, 0.3) is 0 Å². The number of nitrogens with zero attached hydrogens (tertiary/aromatic N) is 1. The molecular formula is C18H39N3. The van der Waals surface area contributed by atoms with Crippen LogP contribution in [0.5, 0.6) is 0 Å². The van der Waals surface area contributed by atoms with Crippen LogP contribution < -0.4 is 11.1 Å². The summed E-state index contributed by atoms with van der Waals surface area (Å²) in [5, 5.41) is 3.39. The Morgan fingerprint density at radius 2 is 1.48 bits per heavy atom. The SMILES string of the molecule is CCCCCCCC(C)(CCCCCC)N1CNC(N)C1. The Kier molecular flexibility index (Phi) is 9.54. The minimum atomic E-state index is 0.167. The molecule has 21 heavy (non-hydrogen) atoms. The highest BCUT2D eigenvalue weighted by atomic mass is 15.4. The first kappa shape index (κ1) is 18.9. The highest BCUT2D eigenvalue weighted by Crippen LogP contribution is 2.30. The maximum atomic E-state index is 6.04. The van der Waals surface area contributed by atoms with Crippen molar-refractivity contribution in [1.29, 1.82) is 0 Å². The van der Waals surface area contributed by atoms with E-state index >= 15 is 0 Å². The van der Waals surface area contributed by atoms with Gasteiger partial charge in [-0.05, 0) is 19.8 Å². The summed E-state index contributed by atoms with van der Waals surface area (Å²) in [6.45, 7) is 9.03. The van der Waals surface area contributed by atoms with Gasteiger partial charge in [0.2, 0.25) is 0 Å². The zero-order valence-corrected chi connectivity index (χ0v) is 14.8. The summed E-state index contributed by atoms with van der Waals surface area (Å²) < 4.78 is 0. The minimum Gasteiger partial charge on any atom is -0.315 e. The van der Waals surface area contributed by atoms with Crippen molar-refractivity contribution in [3.05, 3.63) is 0 Å². The van der Waals surface area contributed by atoms with Gasteiger partial charge in [0, 0.05) is 18.8 Å². The molecule has 0 radical (unpaired) electrons. The van der Waals surface area contributed by atoms with E-state index in [1.54, 1.807) is 0 Å². The summed E-state index contributed by atoms with van der Waals surface area (Å²) in [6, 6.07) is 0. The van der Waals surface area contributed by atoms with Crippen LogP contribution in [-0.4, -0.2) is 29.8 Å². The molecule has 0 spiro atoms. The van der Waals surface area contributed by atoms with E-state index in [0.717, 1.165) is 13.2 Å². The molecule has 2 atom stereocenters. The zero-order chi connectivity index (χ0) is 15.6. The van der Waals surface area contributed by atoms with Gasteiger partial charge in [-0.1, -0.05) is 71.6 Å². The summed E-state index contributed by atoms with van der Waals surface area (Å²) >= 11 is 0. The van der Waals surface area contributed by atoms with E-state index in [0.29, 0.717) is 5.54 Å². The van der Waals surface area contributed by atoms with E-state index in [2.05, 4.69) is 31.0 Å². The number of nitrogens with one attached hydrogen (secondary N) is 1. The Hall–Kier alpha value is -0.120. The second-order valence-corrected chi connectivity index (χ2v) is 7.16. The average molecular weight is 298 g/mol. The largest absolute Gasteiger partial charge is 0.315 e. The lowest BCUT2D eigenvalue weighted by Crippen LogP contribution is -2.46. The maximum absolute atomic E-state index is 6.04. The van der Waals surface area contributed by atoms with Crippen LogP contribution in [0.25, 0.3) is 0 Å². The summed E-state index contributed by atoms with van der Waals surface area (Å²) in [4.78, 5) is 2.60. The first-order valence-electron chi connectivity index (χ1n) is 9.36. The van der Waals surface area contributed by atoms with Crippen molar-refractivity contribution < 1.29 is 0 Å². The lowest BCUT2D eigenvalue weighted by Gasteiger charge is -2.39. The normalized spacial score (nSPS) is 22.6. The number of unbranched alkanes of at least 4 members (excludes halogenated alkanes) is 7. The molecule has 1 aliphatic rings. The molecule has 1 fully saturated rings. The predicted molar refractivity (Wildman–Crippen MR) is 93.2 cm³/mol. The lowest BCUT2D eigenvalue weighted by molar-refractivity contribution is 0.104. The Morgan fingerprint density at radius 1 is 0.952 bits per heavy atom. The van der Waals surface area contributed by atoms with E-state index in [4.69, 9.17) is 5.73 Å². The fraction of sp³-hybridized carbons (Fsp3) is 1.00. The highest BCUT2D eigenvalue weighted by molar-refractivity contribution is 4.90. The molecule has 3 heteroatoms. The smallest absolute Gasteiger partial charge is 0.0688 e. The molecule has 1 aliphatic heterocycles. The van der Waals surface area contributed by atoms with Gasteiger partial charge < -0.3 is 5.73 Å². The van der Waals surface area contributed by atoms with Crippen molar-refractivity contribution in [3.63, 3.8) is 0 Å². The average Bonchev–Trinajstić information content (AvgIpc) is 2.91. The lowest BCUT2D eigenvalue weighted by atomic mass is 9.86. The molecule has 126 valence electrons. The van der Waals surface area contributed by atoms with Gasteiger partial charge in [-0.2, -0.15) is 0 Å². The van der Waals surface area contributed by atoms with Crippen LogP contribution in [0.1, 0.15) is 91.4 Å². The number of hydrogen-bond donors (Lipinski definition) is 2. The van der Waals surface area contributed by atoms with Gasteiger partial charge >= 0.3 is 0 Å². The zero-order valence-electron chi connectivity index (χ0n) is 14.8. The number of hydrogen-bond acceptors (Lipinski definition) is 3. The topological polar surface area (TPSA) is 41.3 Å². The molecule has 1 saturated heterocycles. The molecule has 1 rings (SSSR count). The molecule has 0 amide bonds. The summed E-state index contributed by atoms with van der Waals surface area (Å²) in [7, 11) is 0. The van der Waals surface area contributed by atoms with Crippen LogP contribution >= 0.6 is 0 Å². The van der Waals surface area contributed by atoms with Gasteiger partial charge in [-0.25, -0.2) is 0 Å². The number of rotatable bonds is 12. The van der Waals surface area contributed by atoms with Crippen molar-refractivity contribution in [1.82, 2.24) is 10.2 Å². The van der Waals surface area contributed by atoms with Crippen molar-refractivity contribution in [2.24, 2.45) is 5.73 Å². The highest BCUT2D eigenvalue weighted by Gasteiger charge is 2.34. The Morgan fingerprint density at radius 3 is 1.95 bits per heavy atom. The molecule has 1 heterocycles. The molecule has 0 bridgehead atoms. The third-order valence-electron chi connectivity index (χ3n) is 5.11. The fourth-order valence-corrected chi connectivity index (χ4v) is 3.49. The molecule has 2 unspecified atom stereocenters. The molecule has 0 aliphatic carbocycles. The Labute approximate surface area is 133 Å². The third kappa shape index (κ3) is 7.12. The minimum absolute atomic E-state index is 0.167. The van der Waals surface area contributed by atoms with Gasteiger partial charge in [-0.15, -0.1) is 0 Å². The van der Waals surface area contributed by atoms with Gasteiger partial charge in [0.15, 0.2) is 0 Å². The predicted octanol–water partition coefficient (Wildman–Crippen LogP) is 4.22. The third-order valence-corrected chi connectivity index (χ3v) is 5.11. The van der Waals surface area contributed by atoms with Crippen molar-refractivity contribution >= 4 is 0 Å². The maximum Gasteiger partial charge on any atom is 0.0688 e. The summed E-state index contributed by atoms with van der Waals surface area (Å²) in [5.41, 5.74) is 6.39. The first-order chi connectivity index (χ1) is 10.1. The van der Waals surface area contributed by atoms with E-state index < -0.39 is 0 Å². The van der Waals surface area contributed by atoms with Gasteiger partial charge in [0.1, 0.15) is 0 Å². The second-order valence-electron chi connectivity index (χ2n) is 7.16. The summed E-state index contributed by atoms with van der Waals surface area (Å²) in [5.74, 6) is 0. The molecule has 3 nitrogen and oxygen atoms in total. The van der Waals surface area contributed by atoms with E-state index in [1.807, 2.05) is 0 Å².